The van der Waals surface area contributed by atoms with Crippen LogP contribution in [0, 0.1) is 0 Å². The third-order valence-corrected chi connectivity index (χ3v) is 5.86. The standard InChI is InChI=1S/C17H32N2/c18-14-11-12-17(13-14)19(15-7-3-1-4-8-15)16-9-5-2-6-10-16/h14-17H,1-13,18H2. The van der Waals surface area contributed by atoms with Crippen LogP contribution in [0.25, 0.3) is 0 Å². The van der Waals surface area contributed by atoms with Gasteiger partial charge in [-0.25, -0.2) is 0 Å². The van der Waals surface area contributed by atoms with Crippen molar-refractivity contribution in [3.05, 3.63) is 0 Å². The fraction of sp³-hybridized carbons (Fsp3) is 1.00. The van der Waals surface area contributed by atoms with Crippen LogP contribution < -0.4 is 5.73 Å². The molecule has 0 aliphatic heterocycles. The van der Waals surface area contributed by atoms with Crippen molar-refractivity contribution < 1.29 is 0 Å². The van der Waals surface area contributed by atoms with E-state index in [1.54, 1.807) is 0 Å². The number of hydrogen-bond acceptors (Lipinski definition) is 2. The molecule has 110 valence electrons. The predicted molar refractivity (Wildman–Crippen MR) is 81.2 cm³/mol. The summed E-state index contributed by atoms with van der Waals surface area (Å²) < 4.78 is 0. The molecule has 0 spiro atoms. The highest BCUT2D eigenvalue weighted by molar-refractivity contribution is 4.93. The van der Waals surface area contributed by atoms with Gasteiger partial charge in [0.15, 0.2) is 0 Å². The number of nitrogens with two attached hydrogens (primary N) is 1. The maximum Gasteiger partial charge on any atom is 0.0116 e. The van der Waals surface area contributed by atoms with Crippen molar-refractivity contribution in [2.45, 2.75) is 108 Å². The van der Waals surface area contributed by atoms with Crippen LogP contribution in [0.1, 0.15) is 83.5 Å². The van der Waals surface area contributed by atoms with E-state index in [0.29, 0.717) is 6.04 Å². The number of rotatable bonds is 3. The van der Waals surface area contributed by atoms with Crippen molar-refractivity contribution in [1.29, 1.82) is 0 Å². The van der Waals surface area contributed by atoms with E-state index in [1.165, 1.54) is 83.5 Å². The van der Waals surface area contributed by atoms with E-state index in [2.05, 4.69) is 4.90 Å². The zero-order valence-corrected chi connectivity index (χ0v) is 12.5. The van der Waals surface area contributed by atoms with E-state index in [-0.39, 0.29) is 0 Å². The molecule has 3 fully saturated rings. The highest BCUT2D eigenvalue weighted by atomic mass is 15.2. The van der Waals surface area contributed by atoms with Crippen molar-refractivity contribution >= 4 is 0 Å². The Balaban J connectivity index is 1.69. The van der Waals surface area contributed by atoms with E-state index in [0.717, 1.165) is 18.1 Å². The monoisotopic (exact) mass is 264 g/mol. The molecule has 0 heterocycles. The third-order valence-electron chi connectivity index (χ3n) is 5.86. The Kier molecular flexibility index (Phi) is 4.81. The van der Waals surface area contributed by atoms with Gasteiger partial charge in [0.05, 0.1) is 0 Å². The minimum atomic E-state index is 0.486. The predicted octanol–water partition coefficient (Wildman–Crippen LogP) is 3.83. The first-order valence-corrected chi connectivity index (χ1v) is 8.87. The third kappa shape index (κ3) is 3.33. The van der Waals surface area contributed by atoms with E-state index < -0.39 is 0 Å². The van der Waals surface area contributed by atoms with E-state index in [1.807, 2.05) is 0 Å². The lowest BCUT2D eigenvalue weighted by Gasteiger charge is -2.45. The van der Waals surface area contributed by atoms with Crippen LogP contribution in [-0.2, 0) is 0 Å². The molecule has 0 bridgehead atoms. The summed E-state index contributed by atoms with van der Waals surface area (Å²) in [4.78, 5) is 2.99. The summed E-state index contributed by atoms with van der Waals surface area (Å²) in [5.41, 5.74) is 6.20. The normalized spacial score (nSPS) is 35.1. The second-order valence-corrected chi connectivity index (χ2v) is 7.26. The molecule has 0 aromatic heterocycles. The largest absolute Gasteiger partial charge is 0.328 e. The summed E-state index contributed by atoms with van der Waals surface area (Å²) in [6.07, 6.45) is 18.5. The van der Waals surface area contributed by atoms with Crippen LogP contribution in [0.3, 0.4) is 0 Å². The fourth-order valence-electron chi connectivity index (χ4n) is 4.92. The van der Waals surface area contributed by atoms with Gasteiger partial charge in [-0.05, 0) is 44.9 Å². The van der Waals surface area contributed by atoms with E-state index in [9.17, 15) is 0 Å². The Morgan fingerprint density at radius 2 is 1.11 bits per heavy atom. The van der Waals surface area contributed by atoms with Crippen molar-refractivity contribution in [2.75, 3.05) is 0 Å². The molecule has 3 saturated carbocycles. The topological polar surface area (TPSA) is 29.3 Å². The van der Waals surface area contributed by atoms with Gasteiger partial charge in [0.25, 0.3) is 0 Å². The van der Waals surface area contributed by atoms with Crippen molar-refractivity contribution in [3.63, 3.8) is 0 Å². The maximum atomic E-state index is 6.20. The van der Waals surface area contributed by atoms with Crippen LogP contribution in [0.15, 0.2) is 0 Å². The van der Waals surface area contributed by atoms with Gasteiger partial charge in [-0.1, -0.05) is 38.5 Å². The zero-order chi connectivity index (χ0) is 13.1. The minimum absolute atomic E-state index is 0.486. The molecule has 2 N–H and O–H groups in total. The SMILES string of the molecule is NC1CCC(N(C2CCCCC2)C2CCCCC2)C1. The Morgan fingerprint density at radius 3 is 1.53 bits per heavy atom. The van der Waals surface area contributed by atoms with Crippen LogP contribution in [0.4, 0.5) is 0 Å². The smallest absolute Gasteiger partial charge is 0.0116 e. The molecule has 19 heavy (non-hydrogen) atoms. The molecule has 3 rings (SSSR count). The lowest BCUT2D eigenvalue weighted by atomic mass is 9.87. The molecule has 3 aliphatic rings. The minimum Gasteiger partial charge on any atom is -0.328 e. The molecule has 2 atom stereocenters. The molecular weight excluding hydrogens is 232 g/mol. The van der Waals surface area contributed by atoms with Gasteiger partial charge in [-0.15, -0.1) is 0 Å². The molecule has 0 saturated heterocycles. The van der Waals surface area contributed by atoms with Crippen molar-refractivity contribution in [1.82, 2.24) is 4.90 Å². The Bertz CT molecular complexity index is 242. The van der Waals surface area contributed by atoms with Gasteiger partial charge in [-0.2, -0.15) is 0 Å². The van der Waals surface area contributed by atoms with Crippen LogP contribution in [-0.4, -0.2) is 29.1 Å². The quantitative estimate of drug-likeness (QED) is 0.839. The fourth-order valence-corrected chi connectivity index (χ4v) is 4.92. The second-order valence-electron chi connectivity index (χ2n) is 7.26. The highest BCUT2D eigenvalue weighted by Crippen LogP contribution is 2.36. The lowest BCUT2D eigenvalue weighted by molar-refractivity contribution is 0.0393. The molecule has 0 aromatic rings. The molecule has 2 nitrogen and oxygen atoms in total. The van der Waals surface area contributed by atoms with E-state index in [4.69, 9.17) is 5.73 Å². The molecule has 0 radical (unpaired) electrons. The molecule has 2 heteroatoms. The van der Waals surface area contributed by atoms with Crippen molar-refractivity contribution in [2.24, 2.45) is 5.73 Å². The Labute approximate surface area is 119 Å². The first kappa shape index (κ1) is 13.9. The van der Waals surface area contributed by atoms with Crippen molar-refractivity contribution in [3.8, 4) is 0 Å². The summed E-state index contributed by atoms with van der Waals surface area (Å²) in [7, 11) is 0. The number of hydrogen-bond donors (Lipinski definition) is 1. The zero-order valence-electron chi connectivity index (χ0n) is 12.5. The summed E-state index contributed by atoms with van der Waals surface area (Å²) in [6, 6.07) is 3.10. The average molecular weight is 264 g/mol. The van der Waals surface area contributed by atoms with Crippen LogP contribution in [0.5, 0.6) is 0 Å². The summed E-state index contributed by atoms with van der Waals surface area (Å²) >= 11 is 0. The van der Waals surface area contributed by atoms with Gasteiger partial charge in [-0.3, -0.25) is 4.90 Å². The van der Waals surface area contributed by atoms with Gasteiger partial charge in [0.2, 0.25) is 0 Å². The average Bonchev–Trinajstić information content (AvgIpc) is 2.88. The lowest BCUT2D eigenvalue weighted by Crippen LogP contribution is -2.50. The molecule has 3 aliphatic carbocycles. The first-order chi connectivity index (χ1) is 9.34. The van der Waals surface area contributed by atoms with Crippen LogP contribution >= 0.6 is 0 Å². The summed E-state index contributed by atoms with van der Waals surface area (Å²) in [5.74, 6) is 0. The number of nitrogens with zero attached hydrogens (tertiary/aromatic N) is 1. The van der Waals surface area contributed by atoms with Gasteiger partial charge in [0.1, 0.15) is 0 Å². The molecule has 2 unspecified atom stereocenters. The van der Waals surface area contributed by atoms with E-state index >= 15 is 0 Å². The van der Waals surface area contributed by atoms with Gasteiger partial charge < -0.3 is 5.73 Å². The second kappa shape index (κ2) is 6.58. The highest BCUT2D eigenvalue weighted by Gasteiger charge is 2.36. The molecular formula is C17H32N2. The van der Waals surface area contributed by atoms with Gasteiger partial charge >= 0.3 is 0 Å². The van der Waals surface area contributed by atoms with Gasteiger partial charge in [0, 0.05) is 24.2 Å². The Hall–Kier alpha value is -0.0800. The molecule has 0 aromatic carbocycles. The maximum absolute atomic E-state index is 6.20. The summed E-state index contributed by atoms with van der Waals surface area (Å²) in [6.45, 7) is 0. The van der Waals surface area contributed by atoms with Crippen LogP contribution in [0.2, 0.25) is 0 Å². The Morgan fingerprint density at radius 1 is 0.579 bits per heavy atom. The first-order valence-electron chi connectivity index (χ1n) is 8.87. The molecule has 0 amide bonds. The summed E-state index contributed by atoms with van der Waals surface area (Å²) in [5, 5.41) is 0.